The lowest BCUT2D eigenvalue weighted by atomic mass is 10.1. The number of rotatable bonds is 2. The van der Waals surface area contributed by atoms with Crippen LogP contribution in [0, 0.1) is 5.92 Å². The summed E-state index contributed by atoms with van der Waals surface area (Å²) < 4.78 is 0. The van der Waals surface area contributed by atoms with Crippen LogP contribution in [0.25, 0.3) is 0 Å². The van der Waals surface area contributed by atoms with E-state index in [0.29, 0.717) is 17.0 Å². The van der Waals surface area contributed by atoms with Gasteiger partial charge in [0, 0.05) is 29.3 Å². The molecule has 0 spiro atoms. The van der Waals surface area contributed by atoms with E-state index in [2.05, 4.69) is 19.2 Å². The Morgan fingerprint density at radius 2 is 1.64 bits per heavy atom. The molecule has 0 aromatic heterocycles. The second-order valence-electron chi connectivity index (χ2n) is 7.43. The highest BCUT2D eigenvalue weighted by atomic mass is 16.2. The summed E-state index contributed by atoms with van der Waals surface area (Å²) >= 11 is 0. The van der Waals surface area contributed by atoms with Gasteiger partial charge in [-0.2, -0.15) is 0 Å². The average molecular weight is 302 g/mol. The molecule has 0 radical (unpaired) electrons. The monoisotopic (exact) mass is 302 g/mol. The molecule has 1 heterocycles. The van der Waals surface area contributed by atoms with Crippen molar-refractivity contribution in [3.63, 3.8) is 0 Å². The minimum Gasteiger partial charge on any atom is -0.347 e. The number of hydrogen-bond donors (Lipinski definition) is 1. The van der Waals surface area contributed by atoms with Gasteiger partial charge < -0.3 is 10.2 Å². The van der Waals surface area contributed by atoms with Crippen LogP contribution in [0.3, 0.4) is 0 Å². The molecule has 1 saturated heterocycles. The fraction of sp³-hybridized carbons (Fsp3) is 0.556. The molecule has 1 aliphatic heterocycles. The smallest absolute Gasteiger partial charge is 0.254 e. The number of carbonyl (C=O) groups excluding carboxylic acids is 2. The van der Waals surface area contributed by atoms with Gasteiger partial charge in [0.1, 0.15) is 0 Å². The van der Waals surface area contributed by atoms with Crippen molar-refractivity contribution in [3.8, 4) is 0 Å². The predicted octanol–water partition coefficient (Wildman–Crippen LogP) is 3.09. The van der Waals surface area contributed by atoms with Crippen LogP contribution in [0.15, 0.2) is 24.3 Å². The molecular formula is C18H26N2O2. The minimum absolute atomic E-state index is 0.0552. The third-order valence-corrected chi connectivity index (χ3v) is 3.93. The predicted molar refractivity (Wildman–Crippen MR) is 87.9 cm³/mol. The summed E-state index contributed by atoms with van der Waals surface area (Å²) in [5.41, 5.74) is 0.953. The summed E-state index contributed by atoms with van der Waals surface area (Å²) in [6.07, 6.45) is 1.05. The Bertz CT molecular complexity index is 557. The highest BCUT2D eigenvalue weighted by Gasteiger charge is 2.30. The largest absolute Gasteiger partial charge is 0.347 e. The van der Waals surface area contributed by atoms with Gasteiger partial charge >= 0.3 is 0 Å². The van der Waals surface area contributed by atoms with Gasteiger partial charge in [0.2, 0.25) is 0 Å². The lowest BCUT2D eigenvalue weighted by Crippen LogP contribution is -2.40. The zero-order valence-corrected chi connectivity index (χ0v) is 14.1. The van der Waals surface area contributed by atoms with Crippen LogP contribution < -0.4 is 5.32 Å². The molecular weight excluding hydrogens is 276 g/mol. The van der Waals surface area contributed by atoms with Crippen molar-refractivity contribution in [2.45, 2.75) is 52.6 Å². The Kier molecular flexibility index (Phi) is 4.59. The van der Waals surface area contributed by atoms with Gasteiger partial charge in [-0.3, -0.25) is 9.59 Å². The lowest BCUT2D eigenvalue weighted by Gasteiger charge is -2.22. The summed E-state index contributed by atoms with van der Waals surface area (Å²) in [5, 5.41) is 2.92. The number of likely N-dealkylation sites (tertiary alicyclic amines) is 1. The Labute approximate surface area is 132 Å². The van der Waals surface area contributed by atoms with E-state index < -0.39 is 0 Å². The van der Waals surface area contributed by atoms with Crippen LogP contribution in [0.4, 0.5) is 0 Å². The van der Waals surface area contributed by atoms with Crippen LogP contribution in [-0.4, -0.2) is 34.8 Å². The first-order valence-corrected chi connectivity index (χ1v) is 7.91. The van der Waals surface area contributed by atoms with Crippen LogP contribution in [-0.2, 0) is 0 Å². The topological polar surface area (TPSA) is 49.4 Å². The molecule has 1 aromatic rings. The van der Waals surface area contributed by atoms with E-state index >= 15 is 0 Å². The molecule has 22 heavy (non-hydrogen) atoms. The number of carbonyl (C=O) groups is 2. The van der Waals surface area contributed by atoms with E-state index in [0.717, 1.165) is 13.0 Å². The summed E-state index contributed by atoms with van der Waals surface area (Å²) in [7, 11) is 0. The average Bonchev–Trinajstić information content (AvgIpc) is 2.75. The highest BCUT2D eigenvalue weighted by Crippen LogP contribution is 2.24. The Hall–Kier alpha value is -1.84. The Morgan fingerprint density at radius 1 is 1.09 bits per heavy atom. The van der Waals surface area contributed by atoms with Gasteiger partial charge in [-0.25, -0.2) is 0 Å². The van der Waals surface area contributed by atoms with Gasteiger partial charge in [-0.05, 0) is 64.3 Å². The van der Waals surface area contributed by atoms with E-state index in [1.54, 1.807) is 24.3 Å². The molecule has 120 valence electrons. The van der Waals surface area contributed by atoms with Gasteiger partial charge in [0.05, 0.1) is 0 Å². The van der Waals surface area contributed by atoms with Crippen molar-refractivity contribution in [1.82, 2.24) is 10.2 Å². The molecule has 2 atom stereocenters. The first kappa shape index (κ1) is 16.5. The SMILES string of the molecule is CC1CC(C)N(C(=O)c2ccc(C(=O)NC(C)(C)C)cc2)C1. The number of hydrogen-bond acceptors (Lipinski definition) is 2. The number of benzene rings is 1. The maximum Gasteiger partial charge on any atom is 0.254 e. The lowest BCUT2D eigenvalue weighted by molar-refractivity contribution is 0.0743. The standard InChI is InChI=1S/C18H26N2O2/c1-12-10-13(2)20(11-12)17(22)15-8-6-14(7-9-15)16(21)19-18(3,4)5/h6-9,12-13H,10-11H2,1-5H3,(H,19,21). The van der Waals surface area contributed by atoms with Crippen LogP contribution in [0.5, 0.6) is 0 Å². The molecule has 0 saturated carbocycles. The Morgan fingerprint density at radius 3 is 2.09 bits per heavy atom. The molecule has 1 aliphatic rings. The van der Waals surface area contributed by atoms with Crippen molar-refractivity contribution in [2.75, 3.05) is 6.54 Å². The quantitative estimate of drug-likeness (QED) is 0.912. The minimum atomic E-state index is -0.271. The summed E-state index contributed by atoms with van der Waals surface area (Å²) in [5.74, 6) is 0.491. The maximum absolute atomic E-state index is 12.5. The normalized spacial score (nSPS) is 21.8. The fourth-order valence-electron chi connectivity index (χ4n) is 2.93. The zero-order chi connectivity index (χ0) is 16.5. The maximum atomic E-state index is 12.5. The first-order valence-electron chi connectivity index (χ1n) is 7.91. The van der Waals surface area contributed by atoms with Gasteiger partial charge in [0.25, 0.3) is 11.8 Å². The second-order valence-corrected chi connectivity index (χ2v) is 7.43. The molecule has 0 bridgehead atoms. The number of nitrogens with one attached hydrogen (secondary N) is 1. The number of amides is 2. The molecule has 2 unspecified atom stereocenters. The first-order chi connectivity index (χ1) is 10.2. The van der Waals surface area contributed by atoms with Gasteiger partial charge in [0.15, 0.2) is 0 Å². The molecule has 1 fully saturated rings. The molecule has 4 heteroatoms. The van der Waals surface area contributed by atoms with E-state index in [1.165, 1.54) is 0 Å². The van der Waals surface area contributed by atoms with Crippen LogP contribution in [0.2, 0.25) is 0 Å². The third-order valence-electron chi connectivity index (χ3n) is 3.93. The molecule has 2 amide bonds. The zero-order valence-electron chi connectivity index (χ0n) is 14.1. The Balaban J connectivity index is 2.09. The second kappa shape index (κ2) is 6.11. The van der Waals surface area contributed by atoms with E-state index in [9.17, 15) is 9.59 Å². The van der Waals surface area contributed by atoms with Crippen LogP contribution >= 0.6 is 0 Å². The highest BCUT2D eigenvalue weighted by molar-refractivity contribution is 5.98. The van der Waals surface area contributed by atoms with Crippen molar-refractivity contribution >= 4 is 11.8 Å². The molecule has 1 N–H and O–H groups in total. The summed E-state index contributed by atoms with van der Waals surface area (Å²) in [6.45, 7) is 10.9. The van der Waals surface area contributed by atoms with Crippen molar-refractivity contribution < 1.29 is 9.59 Å². The molecule has 1 aromatic carbocycles. The van der Waals surface area contributed by atoms with Crippen molar-refractivity contribution in [3.05, 3.63) is 35.4 Å². The van der Waals surface area contributed by atoms with Crippen molar-refractivity contribution in [1.29, 1.82) is 0 Å². The van der Waals surface area contributed by atoms with Crippen LogP contribution in [0.1, 0.15) is 61.8 Å². The van der Waals surface area contributed by atoms with Crippen molar-refractivity contribution in [2.24, 2.45) is 5.92 Å². The summed E-state index contributed by atoms with van der Waals surface area (Å²) in [4.78, 5) is 26.6. The molecule has 0 aliphatic carbocycles. The van der Waals surface area contributed by atoms with E-state index in [1.807, 2.05) is 25.7 Å². The fourth-order valence-corrected chi connectivity index (χ4v) is 2.93. The summed E-state index contributed by atoms with van der Waals surface area (Å²) in [6, 6.07) is 7.22. The molecule has 2 rings (SSSR count). The van der Waals surface area contributed by atoms with Gasteiger partial charge in [-0.15, -0.1) is 0 Å². The number of nitrogens with zero attached hydrogens (tertiary/aromatic N) is 1. The van der Waals surface area contributed by atoms with E-state index in [4.69, 9.17) is 0 Å². The van der Waals surface area contributed by atoms with Gasteiger partial charge in [-0.1, -0.05) is 6.92 Å². The molecule has 4 nitrogen and oxygen atoms in total. The third kappa shape index (κ3) is 3.87. The van der Waals surface area contributed by atoms with E-state index in [-0.39, 0.29) is 23.4 Å².